The molecule has 1 aromatic carbocycles. The van der Waals surface area contributed by atoms with Crippen LogP contribution in [0, 0.1) is 13.8 Å². The predicted octanol–water partition coefficient (Wildman–Crippen LogP) is 3.44. The van der Waals surface area contributed by atoms with E-state index in [0.717, 1.165) is 46.8 Å². The fourth-order valence-electron chi connectivity index (χ4n) is 4.45. The van der Waals surface area contributed by atoms with E-state index < -0.39 is 0 Å². The maximum Gasteiger partial charge on any atom is 0.253 e. The highest BCUT2D eigenvalue weighted by atomic mass is 16.1. The summed E-state index contributed by atoms with van der Waals surface area (Å²) in [6, 6.07) is 8.02. The highest BCUT2D eigenvalue weighted by Crippen LogP contribution is 2.24. The van der Waals surface area contributed by atoms with Crippen LogP contribution in [0.4, 0.5) is 11.4 Å². The Morgan fingerprint density at radius 3 is 2.73 bits per heavy atom. The summed E-state index contributed by atoms with van der Waals surface area (Å²) in [7, 11) is 1.82. The number of hydrogen-bond acceptors (Lipinski definition) is 4. The summed E-state index contributed by atoms with van der Waals surface area (Å²) < 4.78 is 1.69. The molecule has 4 rings (SSSR count). The van der Waals surface area contributed by atoms with Crippen molar-refractivity contribution in [2.45, 2.75) is 46.0 Å². The lowest BCUT2D eigenvalue weighted by Gasteiger charge is -2.29. The summed E-state index contributed by atoms with van der Waals surface area (Å²) in [5.74, 6) is -0.0902. The normalized spacial score (nSPS) is 14.3. The maximum atomic E-state index is 12.6. The lowest BCUT2D eigenvalue weighted by molar-refractivity contribution is -0.116. The van der Waals surface area contributed by atoms with Crippen molar-refractivity contribution in [3.05, 3.63) is 51.4 Å². The zero-order chi connectivity index (χ0) is 21.3. The number of carbonyl (C=O) groups excluding carboxylic acids is 1. The van der Waals surface area contributed by atoms with Gasteiger partial charge in [-0.1, -0.05) is 6.07 Å². The molecular formula is C23H29N5O2. The molecule has 1 aliphatic rings. The van der Waals surface area contributed by atoms with Crippen LogP contribution in [0.5, 0.6) is 0 Å². The molecule has 3 aromatic rings. The Bertz CT molecular complexity index is 1140. The minimum absolute atomic E-state index is 0.0902. The molecule has 0 atom stereocenters. The molecule has 1 aliphatic heterocycles. The number of hydrogen-bond donors (Lipinski definition) is 2. The lowest BCUT2D eigenvalue weighted by Crippen LogP contribution is -2.29. The van der Waals surface area contributed by atoms with E-state index in [2.05, 4.69) is 26.4 Å². The summed E-state index contributed by atoms with van der Waals surface area (Å²) in [4.78, 5) is 30.4. The van der Waals surface area contributed by atoms with Gasteiger partial charge in [-0.3, -0.25) is 14.3 Å². The highest BCUT2D eigenvalue weighted by Gasteiger charge is 2.16. The summed E-state index contributed by atoms with van der Waals surface area (Å²) in [6.07, 6.45) is 4.36. The molecule has 30 heavy (non-hydrogen) atoms. The monoisotopic (exact) mass is 407 g/mol. The van der Waals surface area contributed by atoms with Gasteiger partial charge in [0.1, 0.15) is 5.65 Å². The molecule has 2 N–H and O–H groups in total. The van der Waals surface area contributed by atoms with Gasteiger partial charge in [0.25, 0.3) is 5.56 Å². The summed E-state index contributed by atoms with van der Waals surface area (Å²) >= 11 is 0. The molecule has 0 radical (unpaired) electrons. The van der Waals surface area contributed by atoms with Crippen LogP contribution in [-0.4, -0.2) is 33.8 Å². The van der Waals surface area contributed by atoms with E-state index in [1.165, 1.54) is 19.3 Å². The van der Waals surface area contributed by atoms with Gasteiger partial charge in [-0.15, -0.1) is 0 Å². The van der Waals surface area contributed by atoms with Crippen molar-refractivity contribution in [1.82, 2.24) is 14.8 Å². The molecule has 7 nitrogen and oxygen atoms in total. The zero-order valence-electron chi connectivity index (χ0n) is 17.9. The highest BCUT2D eigenvalue weighted by molar-refractivity contribution is 5.91. The number of nitrogens with one attached hydrogen (secondary N) is 2. The number of pyridine rings is 1. The van der Waals surface area contributed by atoms with Crippen LogP contribution in [0.25, 0.3) is 11.0 Å². The first-order chi connectivity index (χ1) is 14.4. The number of piperidine rings is 1. The number of aromatic nitrogens is 3. The molecule has 0 unspecified atom stereocenters. The summed E-state index contributed by atoms with van der Waals surface area (Å²) in [6.45, 7) is 5.99. The van der Waals surface area contributed by atoms with E-state index in [1.54, 1.807) is 4.68 Å². The fourth-order valence-corrected chi connectivity index (χ4v) is 4.45. The molecule has 1 fully saturated rings. The van der Waals surface area contributed by atoms with E-state index in [9.17, 15) is 9.59 Å². The third kappa shape index (κ3) is 3.97. The van der Waals surface area contributed by atoms with Crippen molar-refractivity contribution in [3.63, 3.8) is 0 Å². The number of fused-ring (bicyclic) bond motifs is 1. The topological polar surface area (TPSA) is 83.0 Å². The van der Waals surface area contributed by atoms with Crippen molar-refractivity contribution in [2.75, 3.05) is 23.3 Å². The summed E-state index contributed by atoms with van der Waals surface area (Å²) in [5.41, 5.74) is 4.95. The second-order valence-electron chi connectivity index (χ2n) is 8.14. The molecule has 3 heterocycles. The molecule has 0 saturated carbocycles. The van der Waals surface area contributed by atoms with E-state index in [4.69, 9.17) is 0 Å². The zero-order valence-corrected chi connectivity index (χ0v) is 17.9. The first kappa shape index (κ1) is 20.2. The lowest BCUT2D eigenvalue weighted by atomic mass is 10.0. The Morgan fingerprint density at radius 2 is 1.97 bits per heavy atom. The van der Waals surface area contributed by atoms with Crippen LogP contribution in [0.2, 0.25) is 0 Å². The van der Waals surface area contributed by atoms with Crippen LogP contribution in [0.3, 0.4) is 0 Å². The van der Waals surface area contributed by atoms with E-state index in [0.29, 0.717) is 12.0 Å². The van der Waals surface area contributed by atoms with Crippen molar-refractivity contribution >= 4 is 28.3 Å². The Morgan fingerprint density at radius 1 is 1.20 bits per heavy atom. The van der Waals surface area contributed by atoms with Gasteiger partial charge in [0.2, 0.25) is 5.91 Å². The van der Waals surface area contributed by atoms with Crippen molar-refractivity contribution < 1.29 is 4.79 Å². The van der Waals surface area contributed by atoms with Crippen LogP contribution in [0.1, 0.15) is 42.5 Å². The van der Waals surface area contributed by atoms with Crippen LogP contribution >= 0.6 is 0 Å². The number of aryl methyl sites for hydroxylation is 3. The van der Waals surface area contributed by atoms with E-state index in [1.807, 2.05) is 39.1 Å². The van der Waals surface area contributed by atoms with E-state index >= 15 is 0 Å². The Labute approximate surface area is 176 Å². The second-order valence-corrected chi connectivity index (χ2v) is 8.14. The van der Waals surface area contributed by atoms with Gasteiger partial charge in [-0.25, -0.2) is 0 Å². The van der Waals surface area contributed by atoms with Crippen molar-refractivity contribution in [3.8, 4) is 0 Å². The number of anilines is 2. The van der Waals surface area contributed by atoms with Crippen molar-refractivity contribution in [2.24, 2.45) is 7.05 Å². The van der Waals surface area contributed by atoms with Gasteiger partial charge >= 0.3 is 0 Å². The molecule has 0 spiro atoms. The molecule has 0 aliphatic carbocycles. The van der Waals surface area contributed by atoms with Gasteiger partial charge in [0, 0.05) is 48.9 Å². The van der Waals surface area contributed by atoms with Gasteiger partial charge in [0.15, 0.2) is 0 Å². The van der Waals surface area contributed by atoms with Gasteiger partial charge in [0.05, 0.1) is 5.69 Å². The second kappa shape index (κ2) is 8.34. The quantitative estimate of drug-likeness (QED) is 0.679. The molecular weight excluding hydrogens is 378 g/mol. The molecule has 2 aromatic heterocycles. The number of aromatic amines is 1. The van der Waals surface area contributed by atoms with Gasteiger partial charge in [-0.05, 0) is 63.3 Å². The molecule has 1 amide bonds. The minimum atomic E-state index is -0.150. The third-order valence-corrected chi connectivity index (χ3v) is 6.01. The average molecular weight is 408 g/mol. The third-order valence-electron chi connectivity index (χ3n) is 6.01. The maximum absolute atomic E-state index is 12.6. The van der Waals surface area contributed by atoms with Gasteiger partial charge in [-0.2, -0.15) is 5.10 Å². The molecule has 158 valence electrons. The first-order valence-corrected chi connectivity index (χ1v) is 10.6. The Hall–Kier alpha value is -3.09. The number of amides is 1. The average Bonchev–Trinajstić information content (AvgIpc) is 3.02. The van der Waals surface area contributed by atoms with Crippen LogP contribution in [0.15, 0.2) is 29.1 Å². The minimum Gasteiger partial charge on any atom is -0.371 e. The Balaban J connectivity index is 1.45. The fraction of sp³-hybridized carbons (Fsp3) is 0.435. The van der Waals surface area contributed by atoms with Crippen LogP contribution in [-0.2, 0) is 18.3 Å². The Kier molecular flexibility index (Phi) is 5.61. The largest absolute Gasteiger partial charge is 0.371 e. The first-order valence-electron chi connectivity index (χ1n) is 10.6. The molecule has 0 bridgehead atoms. The smallest absolute Gasteiger partial charge is 0.253 e. The molecule has 7 heteroatoms. The number of nitrogens with zero attached hydrogens (tertiary/aromatic N) is 3. The van der Waals surface area contributed by atoms with Gasteiger partial charge < -0.3 is 15.2 Å². The predicted molar refractivity (Wildman–Crippen MR) is 120 cm³/mol. The van der Waals surface area contributed by atoms with Crippen molar-refractivity contribution in [1.29, 1.82) is 0 Å². The molecule has 1 saturated heterocycles. The summed E-state index contributed by atoms with van der Waals surface area (Å²) in [5, 5.41) is 8.34. The van der Waals surface area contributed by atoms with E-state index in [-0.39, 0.29) is 17.9 Å². The SMILES string of the molecule is Cc1nn(C)c2[nH]c(=O)c(CCC(=O)Nc3cccc(N4CCCCC4)c3)c(C)c12. The van der Waals surface area contributed by atoms with Crippen LogP contribution < -0.4 is 15.8 Å². The standard InChI is InChI=1S/C23H29N5O2/c1-15-19(23(30)25-22-21(15)16(2)26-27(22)3)10-11-20(29)24-17-8-7-9-18(14-17)28-12-5-4-6-13-28/h7-9,14H,4-6,10-13H2,1-3H3,(H,24,29)(H,25,30). The number of rotatable bonds is 5. The number of benzene rings is 1. The number of H-pyrrole nitrogens is 1. The number of carbonyl (C=O) groups is 1.